The van der Waals surface area contributed by atoms with Crippen LogP contribution < -0.4 is 4.74 Å². The molecule has 0 spiro atoms. The minimum atomic E-state index is -1.80. The van der Waals surface area contributed by atoms with Crippen molar-refractivity contribution in [2.24, 2.45) is 0 Å². The zero-order valence-corrected chi connectivity index (χ0v) is 21.1. The van der Waals surface area contributed by atoms with Crippen LogP contribution in [0.15, 0.2) is 40.8 Å². The summed E-state index contributed by atoms with van der Waals surface area (Å²) in [6.45, 7) is -1.18. The van der Waals surface area contributed by atoms with Gasteiger partial charge in [0.25, 0.3) is 0 Å². The van der Waals surface area contributed by atoms with Crippen molar-refractivity contribution in [2.75, 3.05) is 13.2 Å². The molecule has 15 heteroatoms. The monoisotopic (exact) mass is 581 g/mol. The van der Waals surface area contributed by atoms with Crippen LogP contribution in [0.25, 0.3) is 22.3 Å². The largest absolute Gasteiger partial charge is 0.507 e. The Hall–Kier alpha value is -3.51. The first-order chi connectivity index (χ1) is 19.5. The Morgan fingerprint density at radius 1 is 0.805 bits per heavy atom. The molecule has 0 amide bonds. The SMILES string of the molecule is OCC1O[C@@H](Oc2cc3c(O)cc(O)cc3[o+]c2-c2ccc(O)c(O)c2)C(O[C@@H]2OC[C@@H](O)C(O)[C@H]2O)C(O)[C@H]1O. The molecular formula is C26H29O15+. The predicted molar refractivity (Wildman–Crippen MR) is 134 cm³/mol. The summed E-state index contributed by atoms with van der Waals surface area (Å²) in [5.41, 5.74) is 0.139. The van der Waals surface area contributed by atoms with Crippen LogP contribution in [0.1, 0.15) is 0 Å². The first kappa shape index (κ1) is 29.0. The van der Waals surface area contributed by atoms with Gasteiger partial charge >= 0.3 is 11.3 Å². The van der Waals surface area contributed by atoms with Gasteiger partial charge in [0.05, 0.1) is 24.8 Å². The van der Waals surface area contributed by atoms with E-state index in [4.69, 9.17) is 23.4 Å². The highest BCUT2D eigenvalue weighted by Gasteiger charge is 2.50. The van der Waals surface area contributed by atoms with E-state index in [1.165, 1.54) is 24.3 Å². The lowest BCUT2D eigenvalue weighted by atomic mass is 9.98. The van der Waals surface area contributed by atoms with Crippen LogP contribution in [0.4, 0.5) is 0 Å². The Morgan fingerprint density at radius 2 is 1.56 bits per heavy atom. The lowest BCUT2D eigenvalue weighted by molar-refractivity contribution is -0.344. The lowest BCUT2D eigenvalue weighted by Gasteiger charge is -2.44. The molecule has 5 rings (SSSR count). The number of hydrogen-bond acceptors (Lipinski definition) is 14. The summed E-state index contributed by atoms with van der Waals surface area (Å²) in [5, 5.41) is 101. The number of aromatic hydroxyl groups is 4. The van der Waals surface area contributed by atoms with E-state index in [0.29, 0.717) is 0 Å². The quantitative estimate of drug-likeness (QED) is 0.122. The molecule has 2 aliphatic heterocycles. The standard InChI is InChI=1S/C26H28O15/c27-7-18-20(34)21(35)24(41-25-22(36)19(33)15(32)8-37-25)26(40-18)39-17-6-11-13(30)4-10(28)5-16(11)38-23(17)9-1-2-12(29)14(31)3-9/h1-6,15,18-22,24-27,32-36H,7-8H2,(H3-,28,29,30,31)/p+1/t15-,18?,19?,20+,21?,22-,24?,25+,26-/m1/s1. The highest BCUT2D eigenvalue weighted by atomic mass is 16.8. The van der Waals surface area contributed by atoms with Crippen molar-refractivity contribution >= 4 is 11.0 Å². The molecule has 0 bridgehead atoms. The molecule has 222 valence electrons. The van der Waals surface area contributed by atoms with E-state index < -0.39 is 85.8 Å². The van der Waals surface area contributed by atoms with E-state index in [-0.39, 0.29) is 33.8 Å². The maximum atomic E-state index is 10.9. The van der Waals surface area contributed by atoms with Gasteiger partial charge in [0.1, 0.15) is 53.5 Å². The van der Waals surface area contributed by atoms with Gasteiger partial charge in [-0.1, -0.05) is 0 Å². The van der Waals surface area contributed by atoms with Crippen molar-refractivity contribution in [3.8, 4) is 40.1 Å². The van der Waals surface area contributed by atoms with Crippen LogP contribution in [0.5, 0.6) is 28.7 Å². The summed E-state index contributed by atoms with van der Waals surface area (Å²) < 4.78 is 28.5. The van der Waals surface area contributed by atoms with Crippen molar-refractivity contribution in [3.63, 3.8) is 0 Å². The van der Waals surface area contributed by atoms with Crippen LogP contribution in [0, 0.1) is 0 Å². The van der Waals surface area contributed by atoms with Gasteiger partial charge in [-0.2, -0.15) is 0 Å². The number of benzene rings is 2. The lowest BCUT2D eigenvalue weighted by Crippen LogP contribution is -2.63. The Kier molecular flexibility index (Phi) is 8.06. The molecule has 0 saturated carbocycles. The number of aliphatic hydroxyl groups is 6. The molecule has 10 N–H and O–H groups in total. The van der Waals surface area contributed by atoms with Crippen molar-refractivity contribution in [1.29, 1.82) is 0 Å². The van der Waals surface area contributed by atoms with Crippen molar-refractivity contribution < 1.29 is 74.4 Å². The van der Waals surface area contributed by atoms with Crippen LogP contribution in [-0.4, -0.2) is 120 Å². The summed E-state index contributed by atoms with van der Waals surface area (Å²) in [6, 6.07) is 7.19. The number of fused-ring (bicyclic) bond motifs is 1. The molecule has 0 aliphatic carbocycles. The predicted octanol–water partition coefficient (Wildman–Crippen LogP) is -1.15. The molecule has 1 aromatic heterocycles. The fourth-order valence-corrected chi connectivity index (χ4v) is 4.61. The van der Waals surface area contributed by atoms with Crippen molar-refractivity contribution in [3.05, 3.63) is 36.4 Å². The van der Waals surface area contributed by atoms with Crippen LogP contribution >= 0.6 is 0 Å². The summed E-state index contributed by atoms with van der Waals surface area (Å²) in [6.07, 6.45) is -14.6. The van der Waals surface area contributed by atoms with E-state index in [0.717, 1.165) is 12.1 Å². The van der Waals surface area contributed by atoms with Gasteiger partial charge in [-0.3, -0.25) is 0 Å². The van der Waals surface area contributed by atoms with Gasteiger partial charge in [0.2, 0.25) is 12.0 Å². The molecule has 3 heterocycles. The zero-order chi connectivity index (χ0) is 29.6. The van der Waals surface area contributed by atoms with Gasteiger partial charge in [-0.15, -0.1) is 0 Å². The molecule has 3 aromatic rings. The Labute approximate surface area is 230 Å². The molecule has 41 heavy (non-hydrogen) atoms. The highest BCUT2D eigenvalue weighted by molar-refractivity contribution is 5.88. The molecule has 15 nitrogen and oxygen atoms in total. The summed E-state index contributed by atoms with van der Waals surface area (Å²) in [4.78, 5) is 0. The first-order valence-electron chi connectivity index (χ1n) is 12.4. The average molecular weight is 582 g/mol. The van der Waals surface area contributed by atoms with E-state index in [1.54, 1.807) is 0 Å². The third-order valence-electron chi connectivity index (χ3n) is 6.87. The smallest absolute Gasteiger partial charge is 0.402 e. The number of phenolic OH excluding ortho intramolecular Hbond substituents is 4. The first-order valence-corrected chi connectivity index (χ1v) is 12.4. The number of rotatable bonds is 6. The van der Waals surface area contributed by atoms with Gasteiger partial charge in [0.15, 0.2) is 23.9 Å². The van der Waals surface area contributed by atoms with E-state index >= 15 is 0 Å². The molecule has 2 saturated heterocycles. The number of aliphatic hydroxyl groups excluding tert-OH is 6. The maximum Gasteiger partial charge on any atom is 0.402 e. The van der Waals surface area contributed by atoms with Crippen molar-refractivity contribution in [2.45, 2.75) is 55.3 Å². The van der Waals surface area contributed by atoms with E-state index in [9.17, 15) is 51.1 Å². The average Bonchev–Trinajstić information content (AvgIpc) is 2.94. The van der Waals surface area contributed by atoms with Gasteiger partial charge < -0.3 is 70.0 Å². The van der Waals surface area contributed by atoms with Crippen molar-refractivity contribution in [1.82, 2.24) is 0 Å². The zero-order valence-electron chi connectivity index (χ0n) is 21.1. The number of phenols is 4. The van der Waals surface area contributed by atoms with Gasteiger partial charge in [-0.25, -0.2) is 4.42 Å². The molecular weight excluding hydrogens is 552 g/mol. The molecule has 0 radical (unpaired) electrons. The second kappa shape index (κ2) is 11.4. The number of ether oxygens (including phenoxy) is 4. The van der Waals surface area contributed by atoms with E-state index in [1.807, 2.05) is 0 Å². The minimum absolute atomic E-state index is 0.00950. The Morgan fingerprint density at radius 3 is 2.27 bits per heavy atom. The normalized spacial score (nSPS) is 32.2. The third-order valence-corrected chi connectivity index (χ3v) is 6.87. The topological polar surface area (TPSA) is 251 Å². The highest BCUT2D eigenvalue weighted by Crippen LogP contribution is 2.42. The van der Waals surface area contributed by atoms with Gasteiger partial charge in [0, 0.05) is 18.2 Å². The van der Waals surface area contributed by atoms with E-state index in [2.05, 4.69) is 0 Å². The van der Waals surface area contributed by atoms with Crippen LogP contribution in [-0.2, 0) is 14.2 Å². The summed E-state index contributed by atoms with van der Waals surface area (Å²) in [5.74, 6) is -1.98. The fourth-order valence-electron chi connectivity index (χ4n) is 4.61. The Balaban J connectivity index is 1.57. The van der Waals surface area contributed by atoms with Gasteiger partial charge in [-0.05, 0) is 12.1 Å². The second-order valence-corrected chi connectivity index (χ2v) is 9.70. The molecule has 2 aromatic carbocycles. The molecule has 4 unspecified atom stereocenters. The fraction of sp³-hybridized carbons (Fsp3) is 0.423. The third kappa shape index (κ3) is 5.54. The molecule has 2 aliphatic rings. The Bertz CT molecular complexity index is 1400. The summed E-state index contributed by atoms with van der Waals surface area (Å²) in [7, 11) is 0. The maximum absolute atomic E-state index is 10.9. The minimum Gasteiger partial charge on any atom is -0.507 e. The molecule has 2 fully saturated rings. The number of hydrogen-bond donors (Lipinski definition) is 10. The second-order valence-electron chi connectivity index (χ2n) is 9.70. The van der Waals surface area contributed by atoms with Crippen LogP contribution in [0.3, 0.4) is 0 Å². The molecule has 9 atom stereocenters. The summed E-state index contributed by atoms with van der Waals surface area (Å²) >= 11 is 0. The van der Waals surface area contributed by atoms with Crippen LogP contribution in [0.2, 0.25) is 0 Å².